The number of hydrogen-bond donors (Lipinski definition) is 2. The molecule has 5 nitrogen and oxygen atoms in total. The normalized spacial score (nSPS) is 10.2. The van der Waals surface area contributed by atoms with Crippen LogP contribution in [-0.4, -0.2) is 26.7 Å². The average Bonchev–Trinajstić information content (AvgIpc) is 2.56. The first kappa shape index (κ1) is 17.1. The van der Waals surface area contributed by atoms with Crippen molar-refractivity contribution in [3.8, 4) is 11.5 Å². The number of rotatable bonds is 7. The molecule has 1 amide bonds. The first-order valence-corrected chi connectivity index (χ1v) is 7.47. The molecular weight excluding hydrogens is 316 g/mol. The lowest BCUT2D eigenvalue weighted by atomic mass is 10.2. The van der Waals surface area contributed by atoms with E-state index in [0.717, 1.165) is 5.56 Å². The number of anilines is 1. The lowest BCUT2D eigenvalue weighted by Crippen LogP contribution is -2.27. The molecule has 0 aromatic heterocycles. The van der Waals surface area contributed by atoms with Crippen molar-refractivity contribution in [2.75, 3.05) is 26.1 Å². The van der Waals surface area contributed by atoms with E-state index in [4.69, 9.17) is 21.1 Å². The van der Waals surface area contributed by atoms with Gasteiger partial charge in [-0.2, -0.15) is 0 Å². The van der Waals surface area contributed by atoms with E-state index in [1.54, 1.807) is 32.4 Å². The Kier molecular flexibility index (Phi) is 6.26. The van der Waals surface area contributed by atoms with Crippen molar-refractivity contribution in [3.63, 3.8) is 0 Å². The molecule has 0 aliphatic carbocycles. The van der Waals surface area contributed by atoms with E-state index in [2.05, 4.69) is 10.6 Å². The molecular formula is C17H19ClN2O3. The fourth-order valence-electron chi connectivity index (χ4n) is 2.03. The molecule has 0 radical (unpaired) electrons. The molecule has 0 fully saturated rings. The van der Waals surface area contributed by atoms with Crippen LogP contribution in [0.4, 0.5) is 5.69 Å². The second-order valence-electron chi connectivity index (χ2n) is 4.84. The summed E-state index contributed by atoms with van der Waals surface area (Å²) in [6.45, 7) is 0.767. The van der Waals surface area contributed by atoms with Crippen LogP contribution in [0.2, 0.25) is 5.02 Å². The summed E-state index contributed by atoms with van der Waals surface area (Å²) in [6, 6.07) is 12.7. The lowest BCUT2D eigenvalue weighted by molar-refractivity contribution is -0.115. The highest BCUT2D eigenvalue weighted by molar-refractivity contribution is 6.30. The number of amides is 1. The van der Waals surface area contributed by atoms with Crippen molar-refractivity contribution < 1.29 is 14.3 Å². The minimum Gasteiger partial charge on any atom is -0.497 e. The molecule has 0 spiro atoms. The summed E-state index contributed by atoms with van der Waals surface area (Å²) in [6.07, 6.45) is 0. The number of carbonyl (C=O) groups is 1. The Balaban J connectivity index is 1.88. The van der Waals surface area contributed by atoms with Gasteiger partial charge in [-0.05, 0) is 29.8 Å². The number of methoxy groups -OCH3 is 2. The fraction of sp³-hybridized carbons (Fsp3) is 0.235. The van der Waals surface area contributed by atoms with Crippen molar-refractivity contribution >= 4 is 23.2 Å². The van der Waals surface area contributed by atoms with Gasteiger partial charge in [-0.25, -0.2) is 0 Å². The van der Waals surface area contributed by atoms with Crippen molar-refractivity contribution in [2.45, 2.75) is 6.54 Å². The van der Waals surface area contributed by atoms with Crippen LogP contribution in [0.1, 0.15) is 5.56 Å². The highest BCUT2D eigenvalue weighted by atomic mass is 35.5. The van der Waals surface area contributed by atoms with Crippen LogP contribution in [0, 0.1) is 0 Å². The molecule has 0 saturated heterocycles. The largest absolute Gasteiger partial charge is 0.497 e. The van der Waals surface area contributed by atoms with E-state index in [9.17, 15) is 4.79 Å². The van der Waals surface area contributed by atoms with E-state index >= 15 is 0 Å². The molecule has 2 aromatic carbocycles. The summed E-state index contributed by atoms with van der Waals surface area (Å²) in [5.74, 6) is 1.07. The molecule has 2 aromatic rings. The summed E-state index contributed by atoms with van der Waals surface area (Å²) >= 11 is 5.83. The third-order valence-corrected chi connectivity index (χ3v) is 3.46. The van der Waals surface area contributed by atoms with Crippen molar-refractivity contribution in [3.05, 3.63) is 53.1 Å². The standard InChI is InChI=1S/C17H19ClN2O3/c1-22-14-7-8-16(23-2)15(9-14)20-17(21)11-19-10-12-3-5-13(18)6-4-12/h3-9,19H,10-11H2,1-2H3,(H,20,21). The predicted molar refractivity (Wildman–Crippen MR) is 91.3 cm³/mol. The summed E-state index contributed by atoms with van der Waals surface area (Å²) in [5, 5.41) is 6.58. The summed E-state index contributed by atoms with van der Waals surface area (Å²) in [7, 11) is 3.12. The highest BCUT2D eigenvalue weighted by Crippen LogP contribution is 2.28. The zero-order valence-electron chi connectivity index (χ0n) is 13.1. The summed E-state index contributed by atoms with van der Waals surface area (Å²) in [4.78, 5) is 12.0. The number of benzene rings is 2. The van der Waals surface area contributed by atoms with Crippen LogP contribution in [-0.2, 0) is 11.3 Å². The molecule has 0 atom stereocenters. The van der Waals surface area contributed by atoms with Crippen molar-refractivity contribution in [2.24, 2.45) is 0 Å². The minimum absolute atomic E-state index is 0.162. The van der Waals surface area contributed by atoms with Gasteiger partial charge in [0.05, 0.1) is 26.5 Å². The van der Waals surface area contributed by atoms with Gasteiger partial charge in [-0.1, -0.05) is 23.7 Å². The lowest BCUT2D eigenvalue weighted by Gasteiger charge is -2.12. The van der Waals surface area contributed by atoms with Gasteiger partial charge >= 0.3 is 0 Å². The molecule has 6 heteroatoms. The number of carbonyl (C=O) groups excluding carboxylic acids is 1. The molecule has 2 rings (SSSR count). The zero-order valence-corrected chi connectivity index (χ0v) is 13.8. The Labute approximate surface area is 140 Å². The Morgan fingerprint density at radius 1 is 1.09 bits per heavy atom. The molecule has 0 bridgehead atoms. The fourth-order valence-corrected chi connectivity index (χ4v) is 2.15. The van der Waals surface area contributed by atoms with Crippen molar-refractivity contribution in [1.82, 2.24) is 5.32 Å². The van der Waals surface area contributed by atoms with E-state index < -0.39 is 0 Å². The van der Waals surface area contributed by atoms with Gasteiger partial charge in [-0.3, -0.25) is 4.79 Å². The van der Waals surface area contributed by atoms with Crippen LogP contribution in [0.15, 0.2) is 42.5 Å². The molecule has 2 N–H and O–H groups in total. The maximum atomic E-state index is 12.0. The summed E-state index contributed by atoms with van der Waals surface area (Å²) in [5.41, 5.74) is 1.63. The van der Waals surface area contributed by atoms with E-state index in [1.165, 1.54) is 0 Å². The maximum absolute atomic E-state index is 12.0. The monoisotopic (exact) mass is 334 g/mol. The average molecular weight is 335 g/mol. The number of halogens is 1. The van der Waals surface area contributed by atoms with Crippen LogP contribution in [0.25, 0.3) is 0 Å². The van der Waals surface area contributed by atoms with E-state index in [0.29, 0.717) is 28.8 Å². The Hall–Kier alpha value is -2.24. The van der Waals surface area contributed by atoms with Gasteiger partial charge in [0.1, 0.15) is 11.5 Å². The zero-order chi connectivity index (χ0) is 16.7. The first-order valence-electron chi connectivity index (χ1n) is 7.09. The van der Waals surface area contributed by atoms with Crippen LogP contribution < -0.4 is 20.1 Å². The first-order chi connectivity index (χ1) is 11.1. The van der Waals surface area contributed by atoms with Gasteiger partial charge in [0.15, 0.2) is 0 Å². The number of ether oxygens (including phenoxy) is 2. The second-order valence-corrected chi connectivity index (χ2v) is 5.28. The summed E-state index contributed by atoms with van der Waals surface area (Å²) < 4.78 is 10.4. The SMILES string of the molecule is COc1ccc(OC)c(NC(=O)CNCc2ccc(Cl)cc2)c1. The Bertz CT molecular complexity index is 659. The molecule has 0 aliphatic heterocycles. The molecule has 0 heterocycles. The molecule has 0 aliphatic rings. The molecule has 0 saturated carbocycles. The smallest absolute Gasteiger partial charge is 0.238 e. The van der Waals surface area contributed by atoms with Crippen LogP contribution in [0.5, 0.6) is 11.5 Å². The topological polar surface area (TPSA) is 59.6 Å². The van der Waals surface area contributed by atoms with E-state index in [-0.39, 0.29) is 12.5 Å². The molecule has 122 valence electrons. The third-order valence-electron chi connectivity index (χ3n) is 3.21. The highest BCUT2D eigenvalue weighted by Gasteiger charge is 2.09. The molecule has 23 heavy (non-hydrogen) atoms. The predicted octanol–water partition coefficient (Wildman–Crippen LogP) is 3.09. The Morgan fingerprint density at radius 2 is 1.83 bits per heavy atom. The number of nitrogens with one attached hydrogen (secondary N) is 2. The van der Waals surface area contributed by atoms with Crippen LogP contribution >= 0.6 is 11.6 Å². The number of hydrogen-bond acceptors (Lipinski definition) is 4. The van der Waals surface area contributed by atoms with Gasteiger partial charge in [0.2, 0.25) is 5.91 Å². The minimum atomic E-state index is -0.162. The Morgan fingerprint density at radius 3 is 2.48 bits per heavy atom. The second kappa shape index (κ2) is 8.41. The van der Waals surface area contributed by atoms with E-state index in [1.807, 2.05) is 24.3 Å². The van der Waals surface area contributed by atoms with Crippen molar-refractivity contribution in [1.29, 1.82) is 0 Å². The van der Waals surface area contributed by atoms with Gasteiger partial charge in [0, 0.05) is 17.6 Å². The van der Waals surface area contributed by atoms with Gasteiger partial charge < -0.3 is 20.1 Å². The molecule has 0 unspecified atom stereocenters. The quantitative estimate of drug-likeness (QED) is 0.817. The van der Waals surface area contributed by atoms with Gasteiger partial charge in [0.25, 0.3) is 0 Å². The van der Waals surface area contributed by atoms with Gasteiger partial charge in [-0.15, -0.1) is 0 Å². The third kappa shape index (κ3) is 5.16. The van der Waals surface area contributed by atoms with Crippen LogP contribution in [0.3, 0.4) is 0 Å². The maximum Gasteiger partial charge on any atom is 0.238 e.